The van der Waals surface area contributed by atoms with E-state index in [9.17, 15) is 4.79 Å². The summed E-state index contributed by atoms with van der Waals surface area (Å²) >= 11 is 0. The van der Waals surface area contributed by atoms with Crippen LogP contribution in [0.1, 0.15) is 11.3 Å². The maximum absolute atomic E-state index is 11.3. The lowest BCUT2D eigenvalue weighted by Crippen LogP contribution is -2.41. The molecule has 14 heavy (non-hydrogen) atoms. The van der Waals surface area contributed by atoms with Crippen LogP contribution in [-0.2, 0) is 13.0 Å². The van der Waals surface area contributed by atoms with Gasteiger partial charge in [0.2, 0.25) is 0 Å². The van der Waals surface area contributed by atoms with Crippen molar-refractivity contribution in [3.8, 4) is 0 Å². The minimum Gasteiger partial charge on any atom is -0.381 e. The topological polar surface area (TPSA) is 84.4 Å². The van der Waals surface area contributed by atoms with Gasteiger partial charge in [-0.2, -0.15) is 0 Å². The zero-order valence-corrected chi connectivity index (χ0v) is 7.91. The molecular weight excluding hydrogens is 184 g/mol. The van der Waals surface area contributed by atoms with Crippen LogP contribution in [0.4, 0.5) is 10.6 Å². The minimum atomic E-state index is -0.101. The summed E-state index contributed by atoms with van der Waals surface area (Å²) in [6, 6.07) is -0.101. The number of anilines is 1. The molecular formula is C8H12N4O2. The van der Waals surface area contributed by atoms with E-state index in [0.717, 1.165) is 11.3 Å². The van der Waals surface area contributed by atoms with Crippen molar-refractivity contribution >= 4 is 11.8 Å². The zero-order chi connectivity index (χ0) is 10.1. The Morgan fingerprint density at radius 2 is 2.50 bits per heavy atom. The Kier molecular flexibility index (Phi) is 2.03. The summed E-state index contributed by atoms with van der Waals surface area (Å²) in [5.41, 5.74) is 6.44. The number of nitrogens with zero attached hydrogens (tertiary/aromatic N) is 2. The number of nitrogen functional groups attached to an aromatic ring is 1. The van der Waals surface area contributed by atoms with Gasteiger partial charge in [-0.25, -0.2) is 4.79 Å². The van der Waals surface area contributed by atoms with Gasteiger partial charge in [-0.05, 0) is 0 Å². The number of hydrogen-bond acceptors (Lipinski definition) is 4. The van der Waals surface area contributed by atoms with Gasteiger partial charge in [0.15, 0.2) is 5.82 Å². The summed E-state index contributed by atoms with van der Waals surface area (Å²) in [6.45, 7) is 1.12. The van der Waals surface area contributed by atoms with Crippen LogP contribution in [0.25, 0.3) is 0 Å². The van der Waals surface area contributed by atoms with Crippen molar-refractivity contribution in [2.75, 3.05) is 19.3 Å². The summed E-state index contributed by atoms with van der Waals surface area (Å²) in [4.78, 5) is 13.0. The molecule has 0 bridgehead atoms. The average molecular weight is 196 g/mol. The Morgan fingerprint density at radius 1 is 1.71 bits per heavy atom. The molecule has 2 heterocycles. The first kappa shape index (κ1) is 8.86. The molecule has 1 aliphatic heterocycles. The standard InChI is InChI=1S/C8H12N4O2/c1-10-8(13)12-3-2-6-5(4-12)7(9)11-14-6/h2-4H2,1H3,(H2,9,11)(H,10,13). The van der Waals surface area contributed by atoms with Crippen molar-refractivity contribution in [2.24, 2.45) is 0 Å². The van der Waals surface area contributed by atoms with Crippen LogP contribution in [0, 0.1) is 0 Å². The third-order valence-corrected chi connectivity index (χ3v) is 2.36. The number of carbonyl (C=O) groups is 1. The molecule has 0 saturated heterocycles. The second kappa shape index (κ2) is 3.21. The molecule has 6 nitrogen and oxygen atoms in total. The number of urea groups is 1. The highest BCUT2D eigenvalue weighted by Crippen LogP contribution is 2.23. The van der Waals surface area contributed by atoms with Gasteiger partial charge in [-0.1, -0.05) is 5.16 Å². The first-order chi connectivity index (χ1) is 6.72. The van der Waals surface area contributed by atoms with Crippen molar-refractivity contribution in [3.63, 3.8) is 0 Å². The smallest absolute Gasteiger partial charge is 0.317 e. The monoisotopic (exact) mass is 196 g/mol. The molecule has 76 valence electrons. The number of nitrogens with two attached hydrogens (primary N) is 1. The summed E-state index contributed by atoms with van der Waals surface area (Å²) in [5.74, 6) is 1.18. The van der Waals surface area contributed by atoms with Crippen molar-refractivity contribution < 1.29 is 9.32 Å². The average Bonchev–Trinajstić information content (AvgIpc) is 2.59. The van der Waals surface area contributed by atoms with E-state index >= 15 is 0 Å². The second-order valence-corrected chi connectivity index (χ2v) is 3.20. The van der Waals surface area contributed by atoms with Crippen LogP contribution < -0.4 is 11.1 Å². The predicted octanol–water partition coefficient (Wildman–Crippen LogP) is -0.0457. The fourth-order valence-corrected chi connectivity index (χ4v) is 1.56. The summed E-state index contributed by atoms with van der Waals surface area (Å²) in [6.07, 6.45) is 0.674. The number of fused-ring (bicyclic) bond motifs is 1. The summed E-state index contributed by atoms with van der Waals surface area (Å²) in [5, 5.41) is 6.23. The maximum atomic E-state index is 11.3. The normalized spacial score (nSPS) is 15.1. The van der Waals surface area contributed by atoms with E-state index in [0.29, 0.717) is 25.3 Å². The van der Waals surface area contributed by atoms with Crippen molar-refractivity contribution in [2.45, 2.75) is 13.0 Å². The fraction of sp³-hybridized carbons (Fsp3) is 0.500. The molecule has 0 aliphatic carbocycles. The number of hydrogen-bond donors (Lipinski definition) is 2. The summed E-state index contributed by atoms with van der Waals surface area (Å²) in [7, 11) is 1.61. The Morgan fingerprint density at radius 3 is 3.21 bits per heavy atom. The second-order valence-electron chi connectivity index (χ2n) is 3.20. The molecule has 0 unspecified atom stereocenters. The molecule has 6 heteroatoms. The zero-order valence-electron chi connectivity index (χ0n) is 7.91. The van der Waals surface area contributed by atoms with E-state index < -0.39 is 0 Å². The third kappa shape index (κ3) is 1.28. The Balaban J connectivity index is 2.20. The van der Waals surface area contributed by atoms with E-state index in [4.69, 9.17) is 10.3 Å². The van der Waals surface area contributed by atoms with Crippen LogP contribution >= 0.6 is 0 Å². The molecule has 2 amide bonds. The van der Waals surface area contributed by atoms with Crippen molar-refractivity contribution in [1.82, 2.24) is 15.4 Å². The van der Waals surface area contributed by atoms with E-state index in [1.54, 1.807) is 11.9 Å². The lowest BCUT2D eigenvalue weighted by Gasteiger charge is -2.25. The molecule has 1 aromatic rings. The molecule has 1 aliphatic rings. The largest absolute Gasteiger partial charge is 0.381 e. The van der Waals surface area contributed by atoms with Crippen LogP contribution in [-0.4, -0.2) is 29.7 Å². The molecule has 0 radical (unpaired) electrons. The number of nitrogens with one attached hydrogen (secondary N) is 1. The van der Waals surface area contributed by atoms with Gasteiger partial charge in [0, 0.05) is 20.0 Å². The first-order valence-electron chi connectivity index (χ1n) is 4.42. The van der Waals surface area contributed by atoms with Crippen molar-refractivity contribution in [1.29, 1.82) is 0 Å². The molecule has 0 saturated carbocycles. The molecule has 2 rings (SSSR count). The Hall–Kier alpha value is -1.72. The van der Waals surface area contributed by atoms with Gasteiger partial charge in [0.1, 0.15) is 5.76 Å². The van der Waals surface area contributed by atoms with Gasteiger partial charge in [-0.15, -0.1) is 0 Å². The molecule has 0 fully saturated rings. The molecule has 3 N–H and O–H groups in total. The lowest BCUT2D eigenvalue weighted by atomic mass is 10.1. The van der Waals surface area contributed by atoms with Crippen LogP contribution in [0.5, 0.6) is 0 Å². The van der Waals surface area contributed by atoms with E-state index in [1.165, 1.54) is 0 Å². The van der Waals surface area contributed by atoms with Gasteiger partial charge < -0.3 is 20.5 Å². The number of carbonyl (C=O) groups excluding carboxylic acids is 1. The van der Waals surface area contributed by atoms with Crippen molar-refractivity contribution in [3.05, 3.63) is 11.3 Å². The highest BCUT2D eigenvalue weighted by molar-refractivity contribution is 5.74. The fourth-order valence-electron chi connectivity index (χ4n) is 1.56. The molecule has 1 aromatic heterocycles. The van der Waals surface area contributed by atoms with Gasteiger partial charge in [-0.3, -0.25) is 0 Å². The highest BCUT2D eigenvalue weighted by Gasteiger charge is 2.25. The number of rotatable bonds is 0. The van der Waals surface area contributed by atoms with Gasteiger partial charge >= 0.3 is 6.03 Å². The first-order valence-corrected chi connectivity index (χ1v) is 4.42. The van der Waals surface area contributed by atoms with E-state index in [1.807, 2.05) is 0 Å². The highest BCUT2D eigenvalue weighted by atomic mass is 16.5. The minimum absolute atomic E-state index is 0.101. The maximum Gasteiger partial charge on any atom is 0.317 e. The molecule has 0 atom stereocenters. The van der Waals surface area contributed by atoms with Crippen LogP contribution in [0.15, 0.2) is 4.52 Å². The Bertz CT molecular complexity index is 360. The predicted molar refractivity (Wildman–Crippen MR) is 49.5 cm³/mol. The molecule has 0 aromatic carbocycles. The SMILES string of the molecule is CNC(=O)N1CCc2onc(N)c2C1. The van der Waals surface area contributed by atoms with Crippen LogP contribution in [0.2, 0.25) is 0 Å². The number of aromatic nitrogens is 1. The Labute approximate surface area is 81.0 Å². The third-order valence-electron chi connectivity index (χ3n) is 2.36. The quantitative estimate of drug-likeness (QED) is 0.609. The van der Waals surface area contributed by atoms with Gasteiger partial charge in [0.25, 0.3) is 0 Å². The van der Waals surface area contributed by atoms with Gasteiger partial charge in [0.05, 0.1) is 12.1 Å². The van der Waals surface area contributed by atoms with E-state index in [2.05, 4.69) is 10.5 Å². The summed E-state index contributed by atoms with van der Waals surface area (Å²) < 4.78 is 5.02. The number of amides is 2. The molecule has 0 spiro atoms. The lowest BCUT2D eigenvalue weighted by molar-refractivity contribution is 0.191. The van der Waals surface area contributed by atoms with Crippen LogP contribution in [0.3, 0.4) is 0 Å². The van der Waals surface area contributed by atoms with E-state index in [-0.39, 0.29) is 6.03 Å².